The number of anilines is 1. The molecule has 0 bridgehead atoms. The molecule has 2 N–H and O–H groups in total. The normalized spacial score (nSPS) is 10.8. The molecule has 0 fully saturated rings. The van der Waals surface area contributed by atoms with Crippen LogP contribution in [0.1, 0.15) is 30.9 Å². The number of carbonyl (C=O) groups is 2. The molecular weight excluding hydrogens is 309 g/mol. The number of hydrogen-bond acceptors (Lipinski definition) is 3. The summed E-state index contributed by atoms with van der Waals surface area (Å²) in [5, 5.41) is 6.09. The lowest BCUT2D eigenvalue weighted by atomic mass is 10.0. The lowest BCUT2D eigenvalue weighted by molar-refractivity contribution is -0.136. The summed E-state index contributed by atoms with van der Waals surface area (Å²) in [5.41, 5.74) is 4.48. The van der Waals surface area contributed by atoms with Crippen molar-refractivity contribution >= 4 is 23.7 Å². The smallest absolute Gasteiger partial charge is 0.318 e. The fourth-order valence-corrected chi connectivity index (χ4v) is 1.90. The van der Waals surface area contributed by atoms with Crippen molar-refractivity contribution in [1.82, 2.24) is 5.43 Å². The summed E-state index contributed by atoms with van der Waals surface area (Å²) in [6.07, 6.45) is 1.45. The second-order valence-corrected chi connectivity index (χ2v) is 5.48. The van der Waals surface area contributed by atoms with Gasteiger partial charge < -0.3 is 5.32 Å². The zero-order chi connectivity index (χ0) is 17.5. The van der Waals surface area contributed by atoms with Crippen LogP contribution in [-0.4, -0.2) is 18.0 Å². The SMILES string of the molecule is CC(C)c1ccc(/C=N/NC(=O)C(=O)Nc2ccc(F)cc2)cc1. The highest BCUT2D eigenvalue weighted by atomic mass is 19.1. The average molecular weight is 327 g/mol. The molecule has 24 heavy (non-hydrogen) atoms. The third kappa shape index (κ3) is 5.01. The number of carbonyl (C=O) groups excluding carboxylic acids is 2. The molecule has 0 aliphatic carbocycles. The minimum absolute atomic E-state index is 0.324. The maximum Gasteiger partial charge on any atom is 0.329 e. The molecule has 0 unspecified atom stereocenters. The number of halogens is 1. The number of nitrogens with zero attached hydrogens (tertiary/aromatic N) is 1. The van der Waals surface area contributed by atoms with Crippen molar-refractivity contribution in [2.75, 3.05) is 5.32 Å². The second kappa shape index (κ2) is 8.01. The first-order valence-electron chi connectivity index (χ1n) is 7.45. The molecule has 2 rings (SSSR count). The monoisotopic (exact) mass is 327 g/mol. The molecule has 2 aromatic rings. The lowest BCUT2D eigenvalue weighted by Crippen LogP contribution is -2.32. The van der Waals surface area contributed by atoms with Gasteiger partial charge in [-0.2, -0.15) is 5.10 Å². The number of amides is 2. The van der Waals surface area contributed by atoms with E-state index < -0.39 is 17.6 Å². The van der Waals surface area contributed by atoms with Gasteiger partial charge in [0.15, 0.2) is 0 Å². The number of benzene rings is 2. The van der Waals surface area contributed by atoms with Gasteiger partial charge in [-0.05, 0) is 41.3 Å². The Bertz CT molecular complexity index is 738. The molecule has 0 radical (unpaired) electrons. The first-order valence-corrected chi connectivity index (χ1v) is 7.45. The van der Waals surface area contributed by atoms with E-state index in [1.807, 2.05) is 24.3 Å². The quantitative estimate of drug-likeness (QED) is 0.515. The van der Waals surface area contributed by atoms with Crippen molar-refractivity contribution in [3.05, 3.63) is 65.5 Å². The molecule has 0 aromatic heterocycles. The highest BCUT2D eigenvalue weighted by Gasteiger charge is 2.12. The highest BCUT2D eigenvalue weighted by Crippen LogP contribution is 2.13. The summed E-state index contributed by atoms with van der Waals surface area (Å²) in [5.74, 6) is -1.78. The minimum Gasteiger partial charge on any atom is -0.318 e. The van der Waals surface area contributed by atoms with Crippen molar-refractivity contribution < 1.29 is 14.0 Å². The minimum atomic E-state index is -0.908. The summed E-state index contributed by atoms with van der Waals surface area (Å²) >= 11 is 0. The fraction of sp³-hybridized carbons (Fsp3) is 0.167. The van der Waals surface area contributed by atoms with Crippen LogP contribution in [0.25, 0.3) is 0 Å². The Morgan fingerprint density at radius 2 is 1.62 bits per heavy atom. The van der Waals surface area contributed by atoms with E-state index in [0.717, 1.165) is 5.56 Å². The number of hydrazone groups is 1. The maximum absolute atomic E-state index is 12.8. The molecule has 0 aliphatic heterocycles. The first kappa shape index (κ1) is 17.3. The molecule has 0 atom stereocenters. The zero-order valence-corrected chi connectivity index (χ0v) is 13.4. The van der Waals surface area contributed by atoms with Gasteiger partial charge in [0.25, 0.3) is 0 Å². The van der Waals surface area contributed by atoms with Gasteiger partial charge in [-0.25, -0.2) is 9.82 Å². The van der Waals surface area contributed by atoms with E-state index in [-0.39, 0.29) is 0 Å². The van der Waals surface area contributed by atoms with Crippen LogP contribution >= 0.6 is 0 Å². The molecule has 2 amide bonds. The molecule has 5 nitrogen and oxygen atoms in total. The highest BCUT2D eigenvalue weighted by molar-refractivity contribution is 6.39. The average Bonchev–Trinajstić information content (AvgIpc) is 2.57. The Morgan fingerprint density at radius 1 is 1.00 bits per heavy atom. The maximum atomic E-state index is 12.8. The molecule has 0 saturated carbocycles. The molecule has 2 aromatic carbocycles. The predicted octanol–water partition coefficient (Wildman–Crippen LogP) is 3.04. The summed E-state index contributed by atoms with van der Waals surface area (Å²) in [7, 11) is 0. The van der Waals surface area contributed by atoms with Gasteiger partial charge in [0.2, 0.25) is 0 Å². The lowest BCUT2D eigenvalue weighted by Gasteiger charge is -2.05. The van der Waals surface area contributed by atoms with Crippen LogP contribution in [0.15, 0.2) is 53.6 Å². The largest absolute Gasteiger partial charge is 0.329 e. The van der Waals surface area contributed by atoms with Gasteiger partial charge in [0.1, 0.15) is 5.82 Å². The van der Waals surface area contributed by atoms with Gasteiger partial charge >= 0.3 is 11.8 Å². The van der Waals surface area contributed by atoms with Crippen molar-refractivity contribution in [2.45, 2.75) is 19.8 Å². The summed E-state index contributed by atoms with van der Waals surface area (Å²) in [6, 6.07) is 12.8. The number of nitrogens with one attached hydrogen (secondary N) is 2. The second-order valence-electron chi connectivity index (χ2n) is 5.48. The Balaban J connectivity index is 1.87. The molecule has 6 heteroatoms. The van der Waals surface area contributed by atoms with Gasteiger partial charge in [-0.1, -0.05) is 38.1 Å². The fourth-order valence-electron chi connectivity index (χ4n) is 1.90. The molecule has 0 saturated heterocycles. The van der Waals surface area contributed by atoms with Crippen molar-refractivity contribution in [3.8, 4) is 0 Å². The molecule has 124 valence electrons. The molecule has 0 heterocycles. The van der Waals surface area contributed by atoms with E-state index in [1.54, 1.807) is 0 Å². The first-order chi connectivity index (χ1) is 11.5. The van der Waals surface area contributed by atoms with Crippen LogP contribution in [0.3, 0.4) is 0 Å². The van der Waals surface area contributed by atoms with Crippen LogP contribution in [0.5, 0.6) is 0 Å². The molecule has 0 aliphatic rings. The van der Waals surface area contributed by atoms with Crippen molar-refractivity contribution in [3.63, 3.8) is 0 Å². The van der Waals surface area contributed by atoms with Gasteiger partial charge in [0.05, 0.1) is 6.21 Å². The summed E-state index contributed by atoms with van der Waals surface area (Å²) in [6.45, 7) is 4.20. The number of hydrogen-bond donors (Lipinski definition) is 2. The van der Waals surface area contributed by atoms with E-state index in [9.17, 15) is 14.0 Å². The summed E-state index contributed by atoms with van der Waals surface area (Å²) < 4.78 is 12.8. The van der Waals surface area contributed by atoms with E-state index in [4.69, 9.17) is 0 Å². The van der Waals surface area contributed by atoms with Crippen LogP contribution < -0.4 is 10.7 Å². The van der Waals surface area contributed by atoms with Crippen molar-refractivity contribution in [2.24, 2.45) is 5.10 Å². The molecular formula is C18H18FN3O2. The van der Waals surface area contributed by atoms with E-state index in [2.05, 4.69) is 29.7 Å². The van der Waals surface area contributed by atoms with Crippen LogP contribution in [0.2, 0.25) is 0 Å². The van der Waals surface area contributed by atoms with E-state index >= 15 is 0 Å². The Hall–Kier alpha value is -3.02. The zero-order valence-electron chi connectivity index (χ0n) is 13.4. The van der Waals surface area contributed by atoms with Gasteiger partial charge in [-0.15, -0.1) is 0 Å². The topological polar surface area (TPSA) is 70.6 Å². The third-order valence-electron chi connectivity index (χ3n) is 3.29. The molecule has 0 spiro atoms. The Labute approximate surface area is 139 Å². The third-order valence-corrected chi connectivity index (χ3v) is 3.29. The predicted molar refractivity (Wildman–Crippen MR) is 91.3 cm³/mol. The van der Waals surface area contributed by atoms with Gasteiger partial charge in [0, 0.05) is 5.69 Å². The van der Waals surface area contributed by atoms with Crippen LogP contribution in [-0.2, 0) is 9.59 Å². The van der Waals surface area contributed by atoms with E-state index in [1.165, 1.54) is 36.0 Å². The van der Waals surface area contributed by atoms with Crippen LogP contribution in [0.4, 0.5) is 10.1 Å². The van der Waals surface area contributed by atoms with E-state index in [0.29, 0.717) is 11.6 Å². The Kier molecular flexibility index (Phi) is 5.78. The van der Waals surface area contributed by atoms with Gasteiger partial charge in [-0.3, -0.25) is 9.59 Å². The Morgan fingerprint density at radius 3 is 2.21 bits per heavy atom. The van der Waals surface area contributed by atoms with Crippen molar-refractivity contribution in [1.29, 1.82) is 0 Å². The number of rotatable bonds is 4. The summed E-state index contributed by atoms with van der Waals surface area (Å²) in [4.78, 5) is 23.3. The standard InChI is InChI=1S/C18H18FN3O2/c1-12(2)14-5-3-13(4-6-14)11-20-22-18(24)17(23)21-16-9-7-15(19)8-10-16/h3-12H,1-2H3,(H,21,23)(H,22,24)/b20-11+. The van der Waals surface area contributed by atoms with Crippen LogP contribution in [0, 0.1) is 5.82 Å².